The molecule has 0 spiro atoms. The van der Waals surface area contributed by atoms with E-state index in [0.29, 0.717) is 24.0 Å². The third-order valence-electron chi connectivity index (χ3n) is 4.40. The van der Waals surface area contributed by atoms with E-state index in [4.69, 9.17) is 0 Å². The van der Waals surface area contributed by atoms with Crippen LogP contribution in [0.3, 0.4) is 0 Å². The van der Waals surface area contributed by atoms with Gasteiger partial charge in [0.1, 0.15) is 5.82 Å². The van der Waals surface area contributed by atoms with Crippen LogP contribution in [0.25, 0.3) is 11.4 Å². The number of amides is 1. The molecule has 2 heterocycles. The highest BCUT2D eigenvalue weighted by Crippen LogP contribution is 2.20. The number of hydrogen-bond acceptors (Lipinski definition) is 5. The third-order valence-corrected chi connectivity index (χ3v) is 4.40. The second-order valence-electron chi connectivity index (χ2n) is 6.75. The van der Waals surface area contributed by atoms with Crippen LogP contribution in [-0.2, 0) is 6.54 Å². The molecular weight excluding hydrogens is 338 g/mol. The molecule has 1 aromatic carbocycles. The Balaban J connectivity index is 1.42. The lowest BCUT2D eigenvalue weighted by Gasteiger charge is -2.09. The van der Waals surface area contributed by atoms with E-state index in [2.05, 4.69) is 25.6 Å². The number of carbonyl (C=O) groups excluding carboxylic acids is 1. The molecule has 0 aliphatic heterocycles. The first-order valence-corrected chi connectivity index (χ1v) is 9.07. The van der Waals surface area contributed by atoms with Gasteiger partial charge in [0.15, 0.2) is 5.82 Å². The van der Waals surface area contributed by atoms with E-state index in [9.17, 15) is 4.79 Å². The van der Waals surface area contributed by atoms with Crippen LogP contribution in [0.15, 0.2) is 54.9 Å². The largest absolute Gasteiger partial charge is 0.366 e. The summed E-state index contributed by atoms with van der Waals surface area (Å²) in [5, 5.41) is 6.34. The molecule has 6 nitrogen and oxygen atoms in total. The van der Waals surface area contributed by atoms with E-state index in [1.165, 1.54) is 0 Å². The third kappa shape index (κ3) is 4.47. The Kier molecular flexibility index (Phi) is 4.78. The minimum absolute atomic E-state index is 0.00503. The fourth-order valence-corrected chi connectivity index (χ4v) is 2.75. The van der Waals surface area contributed by atoms with Gasteiger partial charge in [-0.1, -0.05) is 12.1 Å². The molecule has 1 aliphatic rings. The highest BCUT2D eigenvalue weighted by atomic mass is 16.1. The van der Waals surface area contributed by atoms with E-state index in [-0.39, 0.29) is 5.91 Å². The maximum atomic E-state index is 12.0. The van der Waals surface area contributed by atoms with Gasteiger partial charge in [0.05, 0.1) is 0 Å². The summed E-state index contributed by atoms with van der Waals surface area (Å²) in [4.78, 5) is 25.2. The average Bonchev–Trinajstić information content (AvgIpc) is 3.51. The van der Waals surface area contributed by atoms with Gasteiger partial charge in [-0.2, -0.15) is 0 Å². The summed E-state index contributed by atoms with van der Waals surface area (Å²) in [5.41, 5.74) is 3.61. The molecule has 0 unspecified atom stereocenters. The van der Waals surface area contributed by atoms with Crippen molar-refractivity contribution in [3.63, 3.8) is 0 Å². The first-order valence-electron chi connectivity index (χ1n) is 9.07. The van der Waals surface area contributed by atoms with Crippen LogP contribution in [0.4, 0.5) is 5.82 Å². The Morgan fingerprint density at radius 2 is 1.81 bits per heavy atom. The summed E-state index contributed by atoms with van der Waals surface area (Å²) in [6.45, 7) is 2.57. The quantitative estimate of drug-likeness (QED) is 0.705. The maximum absolute atomic E-state index is 12.0. The fourth-order valence-electron chi connectivity index (χ4n) is 2.75. The Morgan fingerprint density at radius 1 is 1.07 bits per heavy atom. The molecule has 0 radical (unpaired) electrons. The van der Waals surface area contributed by atoms with Crippen molar-refractivity contribution in [3.8, 4) is 11.4 Å². The number of pyridine rings is 1. The predicted octanol–water partition coefficient (Wildman–Crippen LogP) is 3.35. The standard InChI is InChI=1S/C21H21N5O/c1-14-12-19(26-20(24-14)16-8-10-22-11-9-16)23-13-15-2-4-17(5-3-15)21(27)25-18-6-7-18/h2-5,8-12,18H,6-7,13H2,1H3,(H,25,27)(H,23,24,26). The van der Waals surface area contributed by atoms with Crippen LogP contribution in [-0.4, -0.2) is 26.9 Å². The van der Waals surface area contributed by atoms with E-state index in [1.807, 2.05) is 49.4 Å². The summed E-state index contributed by atoms with van der Waals surface area (Å²) in [6, 6.07) is 13.7. The molecule has 1 aliphatic carbocycles. The van der Waals surface area contributed by atoms with Crippen molar-refractivity contribution in [3.05, 3.63) is 71.7 Å². The molecule has 0 saturated heterocycles. The first-order chi connectivity index (χ1) is 13.2. The molecule has 1 saturated carbocycles. The van der Waals surface area contributed by atoms with E-state index in [1.54, 1.807) is 12.4 Å². The van der Waals surface area contributed by atoms with Crippen LogP contribution in [0.5, 0.6) is 0 Å². The van der Waals surface area contributed by atoms with Gasteiger partial charge in [0.25, 0.3) is 5.91 Å². The summed E-state index contributed by atoms with van der Waals surface area (Å²) in [6.07, 6.45) is 5.64. The molecule has 1 amide bonds. The second-order valence-corrected chi connectivity index (χ2v) is 6.75. The van der Waals surface area contributed by atoms with Gasteiger partial charge >= 0.3 is 0 Å². The molecule has 2 N–H and O–H groups in total. The number of nitrogens with zero attached hydrogens (tertiary/aromatic N) is 3. The first kappa shape index (κ1) is 17.1. The maximum Gasteiger partial charge on any atom is 0.251 e. The fraction of sp³-hybridized carbons (Fsp3) is 0.238. The summed E-state index contributed by atoms with van der Waals surface area (Å²) < 4.78 is 0. The number of aryl methyl sites for hydroxylation is 1. The van der Waals surface area contributed by atoms with Crippen LogP contribution < -0.4 is 10.6 Å². The summed E-state index contributed by atoms with van der Waals surface area (Å²) >= 11 is 0. The van der Waals surface area contributed by atoms with Crippen LogP contribution >= 0.6 is 0 Å². The molecule has 4 rings (SSSR count). The lowest BCUT2D eigenvalue weighted by Crippen LogP contribution is -2.25. The monoisotopic (exact) mass is 359 g/mol. The van der Waals surface area contributed by atoms with Crippen molar-refractivity contribution in [1.82, 2.24) is 20.3 Å². The van der Waals surface area contributed by atoms with Gasteiger partial charge in [0, 0.05) is 47.9 Å². The SMILES string of the molecule is Cc1cc(NCc2ccc(C(=O)NC3CC3)cc2)nc(-c2ccncc2)n1. The highest BCUT2D eigenvalue weighted by molar-refractivity contribution is 5.94. The van der Waals surface area contributed by atoms with Crippen molar-refractivity contribution >= 4 is 11.7 Å². The van der Waals surface area contributed by atoms with E-state index in [0.717, 1.165) is 35.5 Å². The lowest BCUT2D eigenvalue weighted by molar-refractivity contribution is 0.0951. The summed E-state index contributed by atoms with van der Waals surface area (Å²) in [5.74, 6) is 1.45. The number of aromatic nitrogens is 3. The Morgan fingerprint density at radius 3 is 2.52 bits per heavy atom. The number of nitrogens with one attached hydrogen (secondary N) is 2. The minimum atomic E-state index is 0.00503. The zero-order valence-corrected chi connectivity index (χ0v) is 15.1. The Bertz CT molecular complexity index is 937. The van der Waals surface area contributed by atoms with Crippen molar-refractivity contribution in [1.29, 1.82) is 0 Å². The summed E-state index contributed by atoms with van der Waals surface area (Å²) in [7, 11) is 0. The van der Waals surface area contributed by atoms with E-state index >= 15 is 0 Å². The zero-order chi connectivity index (χ0) is 18.6. The molecule has 3 aromatic rings. The van der Waals surface area contributed by atoms with Gasteiger partial charge in [0.2, 0.25) is 0 Å². The van der Waals surface area contributed by atoms with Gasteiger partial charge in [-0.15, -0.1) is 0 Å². The van der Waals surface area contributed by atoms with Gasteiger partial charge < -0.3 is 10.6 Å². The molecular formula is C21H21N5O. The predicted molar refractivity (Wildman–Crippen MR) is 104 cm³/mol. The molecule has 1 fully saturated rings. The van der Waals surface area contributed by atoms with Crippen molar-refractivity contribution in [2.45, 2.75) is 32.4 Å². The zero-order valence-electron chi connectivity index (χ0n) is 15.1. The molecule has 6 heteroatoms. The normalized spacial score (nSPS) is 13.2. The Hall–Kier alpha value is -3.28. The number of hydrogen-bond donors (Lipinski definition) is 2. The Labute approximate surface area is 158 Å². The van der Waals surface area contributed by atoms with Gasteiger partial charge in [-0.05, 0) is 49.6 Å². The smallest absolute Gasteiger partial charge is 0.251 e. The van der Waals surface area contributed by atoms with Crippen molar-refractivity contribution in [2.24, 2.45) is 0 Å². The second kappa shape index (κ2) is 7.53. The average molecular weight is 359 g/mol. The van der Waals surface area contributed by atoms with Crippen LogP contribution in [0.2, 0.25) is 0 Å². The van der Waals surface area contributed by atoms with Crippen molar-refractivity contribution in [2.75, 3.05) is 5.32 Å². The number of carbonyl (C=O) groups is 1. The minimum Gasteiger partial charge on any atom is -0.366 e. The number of benzene rings is 1. The molecule has 0 atom stereocenters. The van der Waals surface area contributed by atoms with E-state index < -0.39 is 0 Å². The highest BCUT2D eigenvalue weighted by Gasteiger charge is 2.23. The molecule has 0 bridgehead atoms. The topological polar surface area (TPSA) is 79.8 Å². The van der Waals surface area contributed by atoms with Gasteiger partial charge in [-0.25, -0.2) is 9.97 Å². The molecule has 136 valence electrons. The number of rotatable bonds is 6. The van der Waals surface area contributed by atoms with Gasteiger partial charge in [-0.3, -0.25) is 9.78 Å². The lowest BCUT2D eigenvalue weighted by atomic mass is 10.1. The van der Waals surface area contributed by atoms with Crippen LogP contribution in [0.1, 0.15) is 34.5 Å². The molecule has 2 aromatic heterocycles. The van der Waals surface area contributed by atoms with Crippen LogP contribution in [0, 0.1) is 6.92 Å². The molecule has 27 heavy (non-hydrogen) atoms. The number of anilines is 1. The van der Waals surface area contributed by atoms with Crippen molar-refractivity contribution < 1.29 is 4.79 Å².